The van der Waals surface area contributed by atoms with Crippen LogP contribution < -0.4 is 14.8 Å². The molecule has 0 spiro atoms. The van der Waals surface area contributed by atoms with Crippen LogP contribution in [0.15, 0.2) is 48.8 Å². The molecule has 0 saturated carbocycles. The average molecular weight is 432 g/mol. The summed E-state index contributed by atoms with van der Waals surface area (Å²) >= 11 is 0. The van der Waals surface area contributed by atoms with Gasteiger partial charge in [-0.15, -0.1) is 5.10 Å². The second-order valence-electron chi connectivity index (χ2n) is 7.10. The molecule has 3 aromatic heterocycles. The van der Waals surface area contributed by atoms with Gasteiger partial charge in [0.2, 0.25) is 5.88 Å². The molecule has 164 valence electrons. The molecule has 9 nitrogen and oxygen atoms in total. The Morgan fingerprint density at radius 1 is 1.19 bits per heavy atom. The summed E-state index contributed by atoms with van der Waals surface area (Å²) in [5.74, 6) is 1.06. The number of rotatable bonds is 9. The van der Waals surface area contributed by atoms with Crippen LogP contribution >= 0.6 is 0 Å². The first kappa shape index (κ1) is 21.2. The van der Waals surface area contributed by atoms with Gasteiger partial charge in [-0.1, -0.05) is 5.21 Å². The van der Waals surface area contributed by atoms with Crippen LogP contribution in [0.1, 0.15) is 29.4 Å². The molecule has 0 saturated heterocycles. The van der Waals surface area contributed by atoms with E-state index in [0.29, 0.717) is 41.6 Å². The summed E-state index contributed by atoms with van der Waals surface area (Å²) in [6, 6.07) is 11.0. The zero-order valence-electron chi connectivity index (χ0n) is 18.0. The van der Waals surface area contributed by atoms with Gasteiger partial charge in [0.1, 0.15) is 5.75 Å². The maximum atomic E-state index is 12.7. The number of H-pyrrole nitrogens is 1. The topological polar surface area (TPSA) is 115 Å². The fourth-order valence-corrected chi connectivity index (χ4v) is 3.36. The van der Waals surface area contributed by atoms with Crippen molar-refractivity contribution in [3.05, 3.63) is 60.0 Å². The largest absolute Gasteiger partial charge is 0.493 e. The van der Waals surface area contributed by atoms with Crippen molar-refractivity contribution in [2.45, 2.75) is 19.8 Å². The molecule has 1 aromatic carbocycles. The molecule has 0 bridgehead atoms. The van der Waals surface area contributed by atoms with E-state index in [2.05, 4.69) is 25.7 Å². The molecule has 2 N–H and O–H groups in total. The number of aryl methyl sites for hydroxylation is 1. The second-order valence-corrected chi connectivity index (χ2v) is 7.10. The number of benzene rings is 1. The van der Waals surface area contributed by atoms with Crippen LogP contribution in [0.5, 0.6) is 11.6 Å². The van der Waals surface area contributed by atoms with E-state index in [1.54, 1.807) is 31.6 Å². The zero-order valence-corrected chi connectivity index (χ0v) is 18.0. The third-order valence-corrected chi connectivity index (χ3v) is 4.95. The van der Waals surface area contributed by atoms with Gasteiger partial charge in [-0.05, 0) is 44.0 Å². The van der Waals surface area contributed by atoms with Crippen molar-refractivity contribution in [3.8, 4) is 22.9 Å². The molecule has 0 atom stereocenters. The van der Waals surface area contributed by atoms with Gasteiger partial charge in [-0.25, -0.2) is 9.97 Å². The van der Waals surface area contributed by atoms with Crippen LogP contribution in [-0.4, -0.2) is 51.5 Å². The minimum atomic E-state index is -0.148. The first-order chi connectivity index (χ1) is 15.7. The van der Waals surface area contributed by atoms with Gasteiger partial charge >= 0.3 is 0 Å². The van der Waals surface area contributed by atoms with Gasteiger partial charge in [0.05, 0.1) is 36.8 Å². The number of nitrogens with zero attached hydrogens (tertiary/aromatic N) is 4. The van der Waals surface area contributed by atoms with Crippen molar-refractivity contribution in [1.82, 2.24) is 30.7 Å². The van der Waals surface area contributed by atoms with Crippen LogP contribution in [0.4, 0.5) is 0 Å². The van der Waals surface area contributed by atoms with Crippen LogP contribution in [-0.2, 0) is 6.42 Å². The molecular formula is C23H24N6O3. The minimum absolute atomic E-state index is 0.148. The van der Waals surface area contributed by atoms with E-state index in [1.807, 2.05) is 31.2 Å². The van der Waals surface area contributed by atoms with E-state index in [9.17, 15) is 4.79 Å². The molecule has 3 heterocycles. The molecule has 4 rings (SSSR count). The Balaban J connectivity index is 1.57. The first-order valence-corrected chi connectivity index (χ1v) is 10.4. The van der Waals surface area contributed by atoms with E-state index in [1.165, 1.54) is 0 Å². The molecule has 32 heavy (non-hydrogen) atoms. The van der Waals surface area contributed by atoms with Gasteiger partial charge < -0.3 is 14.8 Å². The van der Waals surface area contributed by atoms with Gasteiger partial charge in [0.25, 0.3) is 5.91 Å². The van der Waals surface area contributed by atoms with E-state index in [4.69, 9.17) is 14.5 Å². The third kappa shape index (κ3) is 4.83. The van der Waals surface area contributed by atoms with Gasteiger partial charge in [0, 0.05) is 41.4 Å². The lowest BCUT2D eigenvalue weighted by atomic mass is 10.1. The summed E-state index contributed by atoms with van der Waals surface area (Å²) in [5.41, 5.74) is 3.73. The predicted molar refractivity (Wildman–Crippen MR) is 120 cm³/mol. The Kier molecular flexibility index (Phi) is 6.54. The first-order valence-electron chi connectivity index (χ1n) is 10.4. The molecule has 0 aliphatic heterocycles. The monoisotopic (exact) mass is 432 g/mol. The summed E-state index contributed by atoms with van der Waals surface area (Å²) in [6.07, 6.45) is 4.90. The number of carbonyl (C=O) groups excluding carboxylic acids is 1. The van der Waals surface area contributed by atoms with Crippen LogP contribution in [0.25, 0.3) is 22.2 Å². The standard InChI is InChI=1S/C23H24N6O3/c1-3-32-21-13-19(15-8-10-24-22(12-15)31-2)27-20-11-16(6-7-18(20)21)23(30)25-9-4-5-17-14-26-29-28-17/h6-8,10-14H,3-5,9H2,1-2H3,(H,25,30)(H,26,28,29). The Bertz CT molecular complexity index is 1210. The lowest BCUT2D eigenvalue weighted by Crippen LogP contribution is -2.24. The Hall–Kier alpha value is -4.01. The quantitative estimate of drug-likeness (QED) is 0.390. The summed E-state index contributed by atoms with van der Waals surface area (Å²) < 4.78 is 11.1. The van der Waals surface area contributed by atoms with Crippen LogP contribution in [0.2, 0.25) is 0 Å². The summed E-state index contributed by atoms with van der Waals surface area (Å²) in [7, 11) is 1.57. The van der Waals surface area contributed by atoms with E-state index in [-0.39, 0.29) is 5.91 Å². The summed E-state index contributed by atoms with van der Waals surface area (Å²) in [5, 5.41) is 14.0. The minimum Gasteiger partial charge on any atom is -0.493 e. The molecular weight excluding hydrogens is 408 g/mol. The number of hydrogen-bond donors (Lipinski definition) is 2. The molecule has 4 aromatic rings. The molecule has 1 amide bonds. The summed E-state index contributed by atoms with van der Waals surface area (Å²) in [6.45, 7) is 3.00. The number of methoxy groups -OCH3 is 1. The molecule has 0 fully saturated rings. The molecule has 0 unspecified atom stereocenters. The highest BCUT2D eigenvalue weighted by molar-refractivity contribution is 5.99. The van der Waals surface area contributed by atoms with E-state index in [0.717, 1.165) is 29.5 Å². The summed E-state index contributed by atoms with van der Waals surface area (Å²) in [4.78, 5) is 21.6. The average Bonchev–Trinajstić information content (AvgIpc) is 3.35. The SMILES string of the molecule is CCOc1cc(-c2ccnc(OC)c2)nc2cc(C(=O)NCCCc3cnn[nH]3)ccc12. The van der Waals surface area contributed by atoms with Gasteiger partial charge in [-0.2, -0.15) is 0 Å². The fourth-order valence-electron chi connectivity index (χ4n) is 3.36. The van der Waals surface area contributed by atoms with Gasteiger partial charge in [-0.3, -0.25) is 9.89 Å². The van der Waals surface area contributed by atoms with Gasteiger partial charge in [0.15, 0.2) is 0 Å². The fraction of sp³-hybridized carbons (Fsp3) is 0.261. The van der Waals surface area contributed by atoms with E-state index >= 15 is 0 Å². The normalized spacial score (nSPS) is 10.8. The highest BCUT2D eigenvalue weighted by atomic mass is 16.5. The molecule has 9 heteroatoms. The number of carbonyl (C=O) groups is 1. The second kappa shape index (κ2) is 9.86. The van der Waals surface area contributed by atoms with Crippen molar-refractivity contribution >= 4 is 16.8 Å². The lowest BCUT2D eigenvalue weighted by Gasteiger charge is -2.12. The van der Waals surface area contributed by atoms with Crippen molar-refractivity contribution in [3.63, 3.8) is 0 Å². The van der Waals surface area contributed by atoms with E-state index < -0.39 is 0 Å². The number of nitrogens with one attached hydrogen (secondary N) is 2. The molecule has 0 radical (unpaired) electrons. The number of aromatic nitrogens is 5. The molecule has 0 aliphatic rings. The maximum Gasteiger partial charge on any atom is 0.251 e. The number of aromatic amines is 1. The Labute approximate surface area is 185 Å². The maximum absolute atomic E-state index is 12.7. The van der Waals surface area contributed by atoms with Crippen molar-refractivity contribution < 1.29 is 14.3 Å². The van der Waals surface area contributed by atoms with Crippen molar-refractivity contribution in [1.29, 1.82) is 0 Å². The number of fused-ring (bicyclic) bond motifs is 1. The number of pyridine rings is 2. The van der Waals surface area contributed by atoms with Crippen molar-refractivity contribution in [2.75, 3.05) is 20.3 Å². The smallest absolute Gasteiger partial charge is 0.251 e. The Morgan fingerprint density at radius 3 is 2.88 bits per heavy atom. The van der Waals surface area contributed by atoms with Crippen molar-refractivity contribution in [2.24, 2.45) is 0 Å². The Morgan fingerprint density at radius 2 is 2.09 bits per heavy atom. The number of amides is 1. The predicted octanol–water partition coefficient (Wildman–Crippen LogP) is 3.18. The zero-order chi connectivity index (χ0) is 22.3. The molecule has 0 aliphatic carbocycles. The van der Waals surface area contributed by atoms with Crippen LogP contribution in [0.3, 0.4) is 0 Å². The third-order valence-electron chi connectivity index (χ3n) is 4.95. The number of ether oxygens (including phenoxy) is 2. The highest BCUT2D eigenvalue weighted by Gasteiger charge is 2.13. The lowest BCUT2D eigenvalue weighted by molar-refractivity contribution is 0.0953. The highest BCUT2D eigenvalue weighted by Crippen LogP contribution is 2.31. The number of hydrogen-bond acceptors (Lipinski definition) is 7. The van der Waals surface area contributed by atoms with Crippen LogP contribution in [0, 0.1) is 0 Å².